The molecule has 0 saturated carbocycles. The van der Waals surface area contributed by atoms with Crippen LogP contribution in [0.3, 0.4) is 0 Å². The number of nitrogens with zero attached hydrogens (tertiary/aromatic N) is 2. The first-order valence-electron chi connectivity index (χ1n) is 7.29. The average molecular weight is 292 g/mol. The van der Waals surface area contributed by atoms with Gasteiger partial charge < -0.3 is 20.7 Å². The molecule has 1 aliphatic rings. The standard InChI is InChI=1S/C15H24N4O2/c1-15(2,3)21-14(20)19-8-4-5-11(10-19)18-13-6-7-17-9-12(13)16/h6-7,9,11H,4-5,8,10,16H2,1-3H3,(H,17,18). The van der Waals surface area contributed by atoms with Gasteiger partial charge >= 0.3 is 6.09 Å². The maximum absolute atomic E-state index is 12.1. The van der Waals surface area contributed by atoms with Crippen LogP contribution in [-0.4, -0.2) is 40.7 Å². The van der Waals surface area contributed by atoms with Crippen molar-refractivity contribution in [3.05, 3.63) is 18.5 Å². The van der Waals surface area contributed by atoms with Crippen molar-refractivity contribution in [3.8, 4) is 0 Å². The first kappa shape index (κ1) is 15.4. The second kappa shape index (κ2) is 6.20. The number of aromatic nitrogens is 1. The predicted octanol–water partition coefficient (Wildman–Crippen LogP) is 2.48. The van der Waals surface area contributed by atoms with Gasteiger partial charge in [-0.1, -0.05) is 0 Å². The van der Waals surface area contributed by atoms with Gasteiger partial charge in [0, 0.05) is 25.3 Å². The molecule has 2 rings (SSSR count). The van der Waals surface area contributed by atoms with Crippen LogP contribution in [0.15, 0.2) is 18.5 Å². The molecule has 0 bridgehead atoms. The molecule has 0 aliphatic carbocycles. The summed E-state index contributed by atoms with van der Waals surface area (Å²) in [4.78, 5) is 17.8. The number of amides is 1. The van der Waals surface area contributed by atoms with Gasteiger partial charge in [0.15, 0.2) is 0 Å². The second-order valence-corrected chi connectivity index (χ2v) is 6.37. The number of likely N-dealkylation sites (tertiary alicyclic amines) is 1. The van der Waals surface area contributed by atoms with Crippen molar-refractivity contribution in [2.45, 2.75) is 45.3 Å². The molecule has 0 radical (unpaired) electrons. The predicted molar refractivity (Wildman–Crippen MR) is 83.1 cm³/mol. The normalized spacial score (nSPS) is 19.2. The van der Waals surface area contributed by atoms with Crippen LogP contribution in [-0.2, 0) is 4.74 Å². The van der Waals surface area contributed by atoms with Gasteiger partial charge in [0.25, 0.3) is 0 Å². The summed E-state index contributed by atoms with van der Waals surface area (Å²) in [5.41, 5.74) is 6.90. The number of anilines is 2. The van der Waals surface area contributed by atoms with Gasteiger partial charge in [0.05, 0.1) is 17.6 Å². The summed E-state index contributed by atoms with van der Waals surface area (Å²) in [5, 5.41) is 3.38. The van der Waals surface area contributed by atoms with Crippen molar-refractivity contribution in [1.82, 2.24) is 9.88 Å². The van der Waals surface area contributed by atoms with E-state index in [1.54, 1.807) is 17.3 Å². The Bertz CT molecular complexity index is 499. The van der Waals surface area contributed by atoms with E-state index >= 15 is 0 Å². The molecule has 1 atom stereocenters. The number of pyridine rings is 1. The van der Waals surface area contributed by atoms with Gasteiger partial charge in [-0.05, 0) is 39.7 Å². The first-order valence-corrected chi connectivity index (χ1v) is 7.29. The molecule has 3 N–H and O–H groups in total. The van der Waals surface area contributed by atoms with E-state index < -0.39 is 5.60 Å². The lowest BCUT2D eigenvalue weighted by atomic mass is 10.1. The summed E-state index contributed by atoms with van der Waals surface area (Å²) in [5.74, 6) is 0. The molecule has 0 spiro atoms. The molecular weight excluding hydrogens is 268 g/mol. The zero-order valence-electron chi connectivity index (χ0n) is 12.9. The third-order valence-electron chi connectivity index (χ3n) is 3.28. The number of hydrogen-bond acceptors (Lipinski definition) is 5. The maximum atomic E-state index is 12.1. The lowest BCUT2D eigenvalue weighted by Crippen LogP contribution is -2.47. The quantitative estimate of drug-likeness (QED) is 0.875. The molecule has 21 heavy (non-hydrogen) atoms. The van der Waals surface area contributed by atoms with Crippen LogP contribution in [0.1, 0.15) is 33.6 Å². The lowest BCUT2D eigenvalue weighted by Gasteiger charge is -2.35. The Balaban J connectivity index is 1.95. The van der Waals surface area contributed by atoms with Crippen LogP contribution in [0, 0.1) is 0 Å². The van der Waals surface area contributed by atoms with E-state index in [9.17, 15) is 4.79 Å². The Morgan fingerprint density at radius 3 is 2.95 bits per heavy atom. The number of piperidine rings is 1. The number of rotatable bonds is 2. The number of nitrogen functional groups attached to an aromatic ring is 1. The third kappa shape index (κ3) is 4.51. The summed E-state index contributed by atoms with van der Waals surface area (Å²) >= 11 is 0. The number of carbonyl (C=O) groups excluding carboxylic acids is 1. The highest BCUT2D eigenvalue weighted by Gasteiger charge is 2.27. The molecule has 1 aliphatic heterocycles. The topological polar surface area (TPSA) is 80.5 Å². The van der Waals surface area contributed by atoms with E-state index in [0.29, 0.717) is 12.2 Å². The maximum Gasteiger partial charge on any atom is 0.410 e. The molecule has 1 saturated heterocycles. The third-order valence-corrected chi connectivity index (χ3v) is 3.28. The number of hydrogen-bond donors (Lipinski definition) is 2. The fourth-order valence-corrected chi connectivity index (χ4v) is 2.35. The second-order valence-electron chi connectivity index (χ2n) is 6.37. The van der Waals surface area contributed by atoms with E-state index in [-0.39, 0.29) is 12.1 Å². The van der Waals surface area contributed by atoms with Crippen molar-refractivity contribution in [2.24, 2.45) is 0 Å². The van der Waals surface area contributed by atoms with Crippen LogP contribution in [0.2, 0.25) is 0 Å². The summed E-state index contributed by atoms with van der Waals surface area (Å²) < 4.78 is 5.42. The zero-order valence-corrected chi connectivity index (χ0v) is 12.9. The minimum atomic E-state index is -0.465. The summed E-state index contributed by atoms with van der Waals surface area (Å²) in [6.45, 7) is 6.99. The summed E-state index contributed by atoms with van der Waals surface area (Å²) in [6.07, 6.45) is 5.02. The number of nitrogens with one attached hydrogen (secondary N) is 1. The Labute approximate surface area is 125 Å². The van der Waals surface area contributed by atoms with Crippen molar-refractivity contribution in [2.75, 3.05) is 24.1 Å². The van der Waals surface area contributed by atoms with Crippen molar-refractivity contribution in [1.29, 1.82) is 0 Å². The highest BCUT2D eigenvalue weighted by Crippen LogP contribution is 2.21. The van der Waals surface area contributed by atoms with Crippen molar-refractivity contribution < 1.29 is 9.53 Å². The summed E-state index contributed by atoms with van der Waals surface area (Å²) in [6, 6.07) is 2.03. The molecular formula is C15H24N4O2. The number of nitrogens with two attached hydrogens (primary N) is 1. The minimum absolute atomic E-state index is 0.177. The van der Waals surface area contributed by atoms with Crippen molar-refractivity contribution >= 4 is 17.5 Å². The molecule has 1 aromatic heterocycles. The monoisotopic (exact) mass is 292 g/mol. The van der Waals surface area contributed by atoms with E-state index in [4.69, 9.17) is 10.5 Å². The van der Waals surface area contributed by atoms with Crippen LogP contribution in [0.5, 0.6) is 0 Å². The van der Waals surface area contributed by atoms with E-state index in [1.165, 1.54) is 0 Å². The van der Waals surface area contributed by atoms with Gasteiger partial charge in [0.2, 0.25) is 0 Å². The molecule has 0 aromatic carbocycles. The molecule has 6 heteroatoms. The van der Waals surface area contributed by atoms with Gasteiger partial charge in [-0.2, -0.15) is 0 Å². The molecule has 1 amide bonds. The van der Waals surface area contributed by atoms with Gasteiger partial charge in [-0.15, -0.1) is 0 Å². The largest absolute Gasteiger partial charge is 0.444 e. The Kier molecular flexibility index (Phi) is 4.55. The summed E-state index contributed by atoms with van der Waals surface area (Å²) in [7, 11) is 0. The molecule has 1 unspecified atom stereocenters. The molecule has 1 fully saturated rings. The van der Waals surface area contributed by atoms with Crippen LogP contribution in [0.25, 0.3) is 0 Å². The highest BCUT2D eigenvalue weighted by molar-refractivity contribution is 5.69. The van der Waals surface area contributed by atoms with Gasteiger partial charge in [-0.3, -0.25) is 4.98 Å². The van der Waals surface area contributed by atoms with Crippen LogP contribution >= 0.6 is 0 Å². The molecule has 6 nitrogen and oxygen atoms in total. The lowest BCUT2D eigenvalue weighted by molar-refractivity contribution is 0.0206. The first-order chi connectivity index (χ1) is 9.85. The average Bonchev–Trinajstić information content (AvgIpc) is 2.40. The van der Waals surface area contributed by atoms with E-state index in [1.807, 2.05) is 26.8 Å². The Morgan fingerprint density at radius 1 is 1.52 bits per heavy atom. The number of carbonyl (C=O) groups is 1. The molecule has 1 aromatic rings. The Morgan fingerprint density at radius 2 is 2.29 bits per heavy atom. The molecule has 2 heterocycles. The molecule has 116 valence electrons. The van der Waals surface area contributed by atoms with E-state index in [2.05, 4.69) is 10.3 Å². The minimum Gasteiger partial charge on any atom is -0.444 e. The smallest absolute Gasteiger partial charge is 0.410 e. The SMILES string of the molecule is CC(C)(C)OC(=O)N1CCCC(Nc2ccncc2N)C1. The van der Waals surface area contributed by atoms with Gasteiger partial charge in [0.1, 0.15) is 5.60 Å². The van der Waals surface area contributed by atoms with Crippen LogP contribution < -0.4 is 11.1 Å². The van der Waals surface area contributed by atoms with E-state index in [0.717, 1.165) is 25.1 Å². The number of ether oxygens (including phenoxy) is 1. The van der Waals surface area contributed by atoms with Crippen LogP contribution in [0.4, 0.5) is 16.2 Å². The fourth-order valence-electron chi connectivity index (χ4n) is 2.35. The van der Waals surface area contributed by atoms with Gasteiger partial charge in [-0.25, -0.2) is 4.79 Å². The fraction of sp³-hybridized carbons (Fsp3) is 0.600. The van der Waals surface area contributed by atoms with Crippen molar-refractivity contribution in [3.63, 3.8) is 0 Å². The zero-order chi connectivity index (χ0) is 15.5. The Hall–Kier alpha value is -1.98. The highest BCUT2D eigenvalue weighted by atomic mass is 16.6.